The normalized spacial score (nSPS) is 30.8. The Balaban J connectivity index is 1.73. The quantitative estimate of drug-likeness (QED) is 0.0831. The van der Waals surface area contributed by atoms with Crippen molar-refractivity contribution in [2.24, 2.45) is 0 Å². The monoisotopic (exact) mass is 754 g/mol. The van der Waals surface area contributed by atoms with Gasteiger partial charge in [0, 0.05) is 0 Å². The van der Waals surface area contributed by atoms with E-state index < -0.39 is 85.2 Å². The number of ketones is 2. The Labute approximate surface area is 301 Å². The minimum Gasteiger partial charge on any atom is -0.502 e. The van der Waals surface area contributed by atoms with E-state index in [0.717, 1.165) is 18.2 Å². The largest absolute Gasteiger partial charge is 0.502 e. The third-order valence-electron chi connectivity index (χ3n) is 8.85. The minimum absolute atomic E-state index is 0.0273. The number of hydrogen-bond acceptors (Lipinski definition) is 19. The van der Waals surface area contributed by atoms with Gasteiger partial charge in [0.2, 0.25) is 17.3 Å². The van der Waals surface area contributed by atoms with Gasteiger partial charge in [0.25, 0.3) is 0 Å². The van der Waals surface area contributed by atoms with Crippen LogP contribution in [0.3, 0.4) is 0 Å². The van der Waals surface area contributed by atoms with E-state index in [0.29, 0.717) is 6.08 Å². The van der Waals surface area contributed by atoms with E-state index in [-0.39, 0.29) is 45.6 Å². The van der Waals surface area contributed by atoms with Crippen LogP contribution < -0.4 is 18.9 Å². The molecule has 2 saturated heterocycles. The van der Waals surface area contributed by atoms with Crippen LogP contribution in [0.2, 0.25) is 0 Å². The van der Waals surface area contributed by atoms with Gasteiger partial charge < -0.3 is 84.2 Å². The number of benzene rings is 2. The van der Waals surface area contributed by atoms with Gasteiger partial charge >= 0.3 is 0 Å². The molecule has 2 fully saturated rings. The molecule has 4 rings (SSSR count). The Morgan fingerprint density at radius 3 is 1.68 bits per heavy atom. The summed E-state index contributed by atoms with van der Waals surface area (Å²) in [5, 5.41) is 107. The Kier molecular flexibility index (Phi) is 13.1. The van der Waals surface area contributed by atoms with Crippen molar-refractivity contribution in [3.63, 3.8) is 0 Å². The number of phenolic OH excluding ortho intramolecular Hbond substituents is 2. The van der Waals surface area contributed by atoms with Crippen molar-refractivity contribution in [3.05, 3.63) is 47.5 Å². The number of carbonyl (C=O) groups excluding carboxylic acids is 2. The van der Waals surface area contributed by atoms with Crippen molar-refractivity contribution in [1.82, 2.24) is 0 Å². The third-order valence-corrected chi connectivity index (χ3v) is 8.85. The molecule has 19 heteroatoms. The number of rotatable bonds is 15. The molecule has 0 radical (unpaired) electrons. The molecule has 53 heavy (non-hydrogen) atoms. The highest BCUT2D eigenvalue weighted by molar-refractivity contribution is 6.02. The molecule has 19 nitrogen and oxygen atoms in total. The molecule has 0 amide bonds. The van der Waals surface area contributed by atoms with Gasteiger partial charge in [-0.1, -0.05) is 12.2 Å². The van der Waals surface area contributed by atoms with E-state index in [9.17, 15) is 60.7 Å². The molecule has 10 atom stereocenters. The fourth-order valence-corrected chi connectivity index (χ4v) is 5.80. The van der Waals surface area contributed by atoms with Crippen LogP contribution >= 0.6 is 0 Å². The van der Waals surface area contributed by atoms with Gasteiger partial charge in [-0.25, -0.2) is 0 Å². The molecular weight excluding hydrogens is 712 g/mol. The number of hydrogen-bond donors (Lipinski definition) is 10. The minimum atomic E-state index is -3.37. The predicted molar refractivity (Wildman–Crippen MR) is 177 cm³/mol. The first kappa shape index (κ1) is 41.4. The van der Waals surface area contributed by atoms with Crippen LogP contribution in [-0.4, -0.2) is 165 Å². The van der Waals surface area contributed by atoms with Crippen molar-refractivity contribution in [2.45, 2.75) is 60.4 Å². The number of methoxy groups -OCH3 is 4. The van der Waals surface area contributed by atoms with Crippen molar-refractivity contribution in [2.75, 3.05) is 41.7 Å². The van der Waals surface area contributed by atoms with Crippen LogP contribution in [0.5, 0.6) is 34.5 Å². The van der Waals surface area contributed by atoms with Gasteiger partial charge in [-0.05, 0) is 47.5 Å². The van der Waals surface area contributed by atoms with Crippen molar-refractivity contribution < 1.29 is 93.8 Å². The number of aliphatic hydroxyl groups is 8. The first-order valence-electron chi connectivity index (χ1n) is 15.8. The smallest absolute Gasteiger partial charge is 0.224 e. The lowest BCUT2D eigenvalue weighted by molar-refractivity contribution is -0.394. The lowest BCUT2D eigenvalue weighted by Crippen LogP contribution is -2.73. The molecule has 0 saturated carbocycles. The number of carbonyl (C=O) groups is 2. The molecule has 2 heterocycles. The molecular formula is C34H42O19. The third kappa shape index (κ3) is 7.81. The summed E-state index contributed by atoms with van der Waals surface area (Å²) in [4.78, 5) is 27.0. The fraction of sp³-hybridized carbons (Fsp3) is 0.471. The van der Waals surface area contributed by atoms with Crippen LogP contribution in [-0.2, 0) is 23.8 Å². The van der Waals surface area contributed by atoms with Crippen molar-refractivity contribution >= 4 is 23.7 Å². The van der Waals surface area contributed by atoms with Gasteiger partial charge in [-0.2, -0.15) is 0 Å². The molecule has 0 bridgehead atoms. The van der Waals surface area contributed by atoms with E-state index in [2.05, 4.69) is 0 Å². The Hall–Kier alpha value is -4.38. The number of aromatic hydroxyl groups is 2. The first-order valence-corrected chi connectivity index (χ1v) is 15.8. The van der Waals surface area contributed by atoms with Gasteiger partial charge in [0.1, 0.15) is 49.3 Å². The van der Waals surface area contributed by atoms with Crippen LogP contribution in [0.25, 0.3) is 12.2 Å². The van der Waals surface area contributed by atoms with Gasteiger partial charge in [0.15, 0.2) is 46.5 Å². The maximum absolute atomic E-state index is 13.7. The predicted octanol–water partition coefficient (Wildman–Crippen LogP) is -2.65. The summed E-state index contributed by atoms with van der Waals surface area (Å²) in [6, 6.07) is 5.19. The van der Waals surface area contributed by atoms with Gasteiger partial charge in [0.05, 0.1) is 35.0 Å². The van der Waals surface area contributed by atoms with Crippen molar-refractivity contribution in [1.29, 1.82) is 0 Å². The number of aliphatic hydroxyl groups excluding tert-OH is 7. The zero-order valence-corrected chi connectivity index (χ0v) is 28.8. The second-order valence-electron chi connectivity index (χ2n) is 12.0. The zero-order valence-electron chi connectivity index (χ0n) is 28.8. The molecule has 2 aromatic carbocycles. The molecule has 292 valence electrons. The van der Waals surface area contributed by atoms with Crippen molar-refractivity contribution in [3.8, 4) is 34.5 Å². The Morgan fingerprint density at radius 1 is 0.792 bits per heavy atom. The molecule has 0 aliphatic carbocycles. The average Bonchev–Trinajstić information content (AvgIpc) is 3.41. The zero-order chi connectivity index (χ0) is 39.4. The van der Waals surface area contributed by atoms with E-state index in [1.165, 1.54) is 52.7 Å². The van der Waals surface area contributed by atoms with Crippen LogP contribution in [0.4, 0.5) is 0 Å². The lowest BCUT2D eigenvalue weighted by atomic mass is 9.78. The fourth-order valence-electron chi connectivity index (χ4n) is 5.80. The molecule has 2 aliphatic rings. The highest BCUT2D eigenvalue weighted by atomic mass is 16.8. The van der Waals surface area contributed by atoms with Crippen LogP contribution in [0, 0.1) is 0 Å². The highest BCUT2D eigenvalue weighted by Gasteiger charge is 2.64. The lowest BCUT2D eigenvalue weighted by Gasteiger charge is -2.49. The second-order valence-corrected chi connectivity index (χ2v) is 12.0. The molecule has 2 aliphatic heterocycles. The molecule has 0 unspecified atom stereocenters. The van der Waals surface area contributed by atoms with E-state index in [4.69, 9.17) is 33.2 Å². The maximum atomic E-state index is 13.7. The summed E-state index contributed by atoms with van der Waals surface area (Å²) in [5.41, 5.74) is -2.98. The SMILES string of the molecule is COc1cc(/C=C/C(=O)[C@H](O)[C@H]2O[C@@H](O[C@@]3(CO)O[C@H](CO)[C@@H](O)[C@@H]3O)[C@H](O)[C@](O)(C(=O)/C=C/c3cc(OC)c(O)c(OC)c3)[C@@H]2O)cc(OC)c1O. The topological polar surface area (TPSA) is 301 Å². The summed E-state index contributed by atoms with van der Waals surface area (Å²) in [6.45, 7) is -2.14. The van der Waals surface area contributed by atoms with E-state index >= 15 is 0 Å². The first-order chi connectivity index (χ1) is 25.1. The summed E-state index contributed by atoms with van der Waals surface area (Å²) in [5.74, 6) is -6.19. The molecule has 10 N–H and O–H groups in total. The summed E-state index contributed by atoms with van der Waals surface area (Å²) >= 11 is 0. The standard InChI is InChI=1S/C34H42O19/c1-47-18-9-15(10-19(48-2)25(18)40)5-7-17(37)24(39)28-30(44)34(46,23(38)8-6-16-11-20(49-3)26(41)21(12-16)50-4)31(45)32(51-28)53-33(14-36)29(43)27(42)22(13-35)52-33/h5-12,22,24,27-32,35-36,39-46H,13-14H2,1-4H3/b7-5+,8-6+/t22-,24+,27-,28-,29+,30-,31+,32+,33-,34+/m1/s1. The highest BCUT2D eigenvalue weighted by Crippen LogP contribution is 2.41. The van der Waals surface area contributed by atoms with Crippen LogP contribution in [0.15, 0.2) is 36.4 Å². The number of ether oxygens (including phenoxy) is 7. The van der Waals surface area contributed by atoms with E-state index in [1.54, 1.807) is 0 Å². The molecule has 2 aromatic rings. The molecule has 0 spiro atoms. The maximum Gasteiger partial charge on any atom is 0.224 e. The Bertz CT molecular complexity index is 1640. The van der Waals surface area contributed by atoms with Crippen LogP contribution in [0.1, 0.15) is 11.1 Å². The Morgan fingerprint density at radius 2 is 1.26 bits per heavy atom. The van der Waals surface area contributed by atoms with E-state index in [1.807, 2.05) is 0 Å². The molecule has 0 aromatic heterocycles. The summed E-state index contributed by atoms with van der Waals surface area (Å²) in [7, 11) is 5.03. The summed E-state index contributed by atoms with van der Waals surface area (Å²) < 4.78 is 36.7. The van der Waals surface area contributed by atoms with Gasteiger partial charge in [-0.3, -0.25) is 9.59 Å². The number of phenols is 2. The second kappa shape index (κ2) is 16.7. The average molecular weight is 755 g/mol. The van der Waals surface area contributed by atoms with Gasteiger partial charge in [-0.15, -0.1) is 0 Å². The summed E-state index contributed by atoms with van der Waals surface area (Å²) in [6.07, 6.45) is -14.0.